The van der Waals surface area contributed by atoms with Gasteiger partial charge in [0.1, 0.15) is 0 Å². The van der Waals surface area contributed by atoms with Crippen LogP contribution in [0.4, 0.5) is 0 Å². The third-order valence-electron chi connectivity index (χ3n) is 3.42. The van der Waals surface area contributed by atoms with Gasteiger partial charge in [-0.3, -0.25) is 4.99 Å². The molecule has 0 aromatic carbocycles. The van der Waals surface area contributed by atoms with Gasteiger partial charge in [0.25, 0.3) is 0 Å². The zero-order valence-electron chi connectivity index (χ0n) is 14.1. The summed E-state index contributed by atoms with van der Waals surface area (Å²) in [6.45, 7) is 5.60. The number of rotatable bonds is 8. The molecule has 0 aliphatic heterocycles. The van der Waals surface area contributed by atoms with Gasteiger partial charge in [-0.15, -0.1) is 41.9 Å². The minimum atomic E-state index is 0. The Kier molecular flexibility index (Phi) is 11.6. The summed E-state index contributed by atoms with van der Waals surface area (Å²) >= 11 is 1.80. The Labute approximate surface area is 156 Å². The lowest BCUT2D eigenvalue weighted by Crippen LogP contribution is -2.42. The van der Waals surface area contributed by atoms with Crippen molar-refractivity contribution in [3.05, 3.63) is 35.0 Å². The fourth-order valence-corrected chi connectivity index (χ4v) is 3.09. The van der Waals surface area contributed by atoms with Crippen LogP contribution in [0.5, 0.6) is 0 Å². The van der Waals surface area contributed by atoms with Crippen molar-refractivity contribution in [1.82, 2.24) is 15.1 Å². The normalized spacial score (nSPS) is 12.7. The van der Waals surface area contributed by atoms with Crippen LogP contribution in [0.2, 0.25) is 0 Å². The minimum absolute atomic E-state index is 0. The highest BCUT2D eigenvalue weighted by Gasteiger charge is 2.16. The van der Waals surface area contributed by atoms with E-state index in [1.807, 2.05) is 13.1 Å². The van der Waals surface area contributed by atoms with Crippen LogP contribution in [-0.4, -0.2) is 57.0 Å². The Morgan fingerprint density at radius 3 is 2.68 bits per heavy atom. The van der Waals surface area contributed by atoms with E-state index in [1.54, 1.807) is 11.3 Å². The summed E-state index contributed by atoms with van der Waals surface area (Å²) in [5, 5.41) is 5.61. The maximum absolute atomic E-state index is 4.37. The molecule has 0 saturated carbocycles. The number of allylic oxidation sites excluding steroid dienone is 1. The van der Waals surface area contributed by atoms with Crippen LogP contribution in [-0.2, 0) is 0 Å². The van der Waals surface area contributed by atoms with Crippen molar-refractivity contribution in [1.29, 1.82) is 0 Å². The SMILES string of the molecule is C=CCCCN(C)C(=NC)NCC(c1cccs1)N(C)C.I. The predicted molar refractivity (Wildman–Crippen MR) is 110 cm³/mol. The first kappa shape index (κ1) is 21.4. The summed E-state index contributed by atoms with van der Waals surface area (Å²) in [4.78, 5) is 10.2. The third kappa shape index (κ3) is 7.11. The Bertz CT molecular complexity index is 431. The molecule has 0 fully saturated rings. The number of halogens is 1. The second-order valence-corrected chi connectivity index (χ2v) is 6.25. The molecule has 1 atom stereocenters. The number of guanidine groups is 1. The molecule has 0 spiro atoms. The van der Waals surface area contributed by atoms with Gasteiger partial charge in [0.15, 0.2) is 5.96 Å². The molecular formula is C16H29IN4S. The number of aliphatic imine (C=N–C) groups is 1. The first-order chi connectivity index (χ1) is 10.1. The van der Waals surface area contributed by atoms with Crippen LogP contribution >= 0.6 is 35.3 Å². The molecule has 1 N–H and O–H groups in total. The largest absolute Gasteiger partial charge is 0.354 e. The summed E-state index contributed by atoms with van der Waals surface area (Å²) in [5.74, 6) is 0.947. The van der Waals surface area contributed by atoms with E-state index >= 15 is 0 Å². The van der Waals surface area contributed by atoms with E-state index in [0.29, 0.717) is 6.04 Å². The summed E-state index contributed by atoms with van der Waals surface area (Å²) < 4.78 is 0. The first-order valence-corrected chi connectivity index (χ1v) is 8.20. The van der Waals surface area contributed by atoms with Gasteiger partial charge >= 0.3 is 0 Å². The highest BCUT2D eigenvalue weighted by atomic mass is 127. The number of hydrogen-bond acceptors (Lipinski definition) is 3. The monoisotopic (exact) mass is 436 g/mol. The standard InChI is InChI=1S/C16H28N4S.HI/c1-6-7-8-11-20(5)16(17-2)18-13-14(19(3)4)15-10-9-12-21-15;/h6,9-10,12,14H,1,7-8,11,13H2,2-5H3,(H,17,18);1H. The van der Waals surface area contributed by atoms with Crippen LogP contribution in [0.3, 0.4) is 0 Å². The zero-order valence-corrected chi connectivity index (χ0v) is 17.2. The number of nitrogens with zero attached hydrogens (tertiary/aromatic N) is 3. The summed E-state index contributed by atoms with van der Waals surface area (Å²) in [7, 11) is 8.14. The summed E-state index contributed by atoms with van der Waals surface area (Å²) in [6.07, 6.45) is 4.10. The van der Waals surface area contributed by atoms with Crippen LogP contribution in [0.15, 0.2) is 35.2 Å². The molecule has 4 nitrogen and oxygen atoms in total. The molecule has 0 bridgehead atoms. The van der Waals surface area contributed by atoms with Gasteiger partial charge in [-0.2, -0.15) is 0 Å². The van der Waals surface area contributed by atoms with E-state index in [0.717, 1.165) is 31.9 Å². The predicted octanol–water partition coefficient (Wildman–Crippen LogP) is 3.44. The van der Waals surface area contributed by atoms with E-state index in [9.17, 15) is 0 Å². The van der Waals surface area contributed by atoms with Crippen molar-refractivity contribution >= 4 is 41.3 Å². The van der Waals surface area contributed by atoms with Gasteiger partial charge in [-0.25, -0.2) is 0 Å². The lowest BCUT2D eigenvalue weighted by Gasteiger charge is -2.27. The van der Waals surface area contributed by atoms with E-state index in [1.165, 1.54) is 4.88 Å². The zero-order chi connectivity index (χ0) is 15.7. The average molecular weight is 436 g/mol. The average Bonchev–Trinajstić information content (AvgIpc) is 2.97. The molecule has 22 heavy (non-hydrogen) atoms. The maximum Gasteiger partial charge on any atom is 0.193 e. The molecule has 1 aromatic heterocycles. The summed E-state index contributed by atoms with van der Waals surface area (Å²) in [6, 6.07) is 4.66. The Balaban J connectivity index is 0.00000441. The van der Waals surface area contributed by atoms with E-state index in [4.69, 9.17) is 0 Å². The second kappa shape index (κ2) is 11.9. The van der Waals surface area contributed by atoms with Gasteiger partial charge in [0, 0.05) is 32.1 Å². The van der Waals surface area contributed by atoms with Gasteiger partial charge in [0.2, 0.25) is 0 Å². The third-order valence-corrected chi connectivity index (χ3v) is 4.40. The number of thiophene rings is 1. The highest BCUT2D eigenvalue weighted by Crippen LogP contribution is 2.22. The molecule has 0 amide bonds. The minimum Gasteiger partial charge on any atom is -0.354 e. The van der Waals surface area contributed by atoms with Gasteiger partial charge in [0.05, 0.1) is 6.04 Å². The van der Waals surface area contributed by atoms with Crippen molar-refractivity contribution < 1.29 is 0 Å². The van der Waals surface area contributed by atoms with Crippen LogP contribution in [0.1, 0.15) is 23.8 Å². The molecule has 6 heteroatoms. The van der Waals surface area contributed by atoms with Gasteiger partial charge in [-0.1, -0.05) is 12.1 Å². The quantitative estimate of drug-likeness (QED) is 0.223. The molecule has 0 aliphatic rings. The van der Waals surface area contributed by atoms with Crippen molar-refractivity contribution in [2.45, 2.75) is 18.9 Å². The second-order valence-electron chi connectivity index (χ2n) is 5.28. The maximum atomic E-state index is 4.37. The number of hydrogen-bond donors (Lipinski definition) is 1. The smallest absolute Gasteiger partial charge is 0.193 e. The molecule has 1 unspecified atom stereocenters. The molecule has 1 heterocycles. The van der Waals surface area contributed by atoms with Crippen molar-refractivity contribution in [3.63, 3.8) is 0 Å². The number of unbranched alkanes of at least 4 members (excludes halogenated alkanes) is 1. The van der Waals surface area contributed by atoms with Crippen molar-refractivity contribution in [2.24, 2.45) is 4.99 Å². The van der Waals surface area contributed by atoms with Crippen molar-refractivity contribution in [3.8, 4) is 0 Å². The lowest BCUT2D eigenvalue weighted by atomic mass is 10.2. The molecule has 0 saturated heterocycles. The highest BCUT2D eigenvalue weighted by molar-refractivity contribution is 14.0. The van der Waals surface area contributed by atoms with Gasteiger partial charge in [-0.05, 0) is 38.4 Å². The van der Waals surface area contributed by atoms with Crippen LogP contribution in [0.25, 0.3) is 0 Å². The number of nitrogens with one attached hydrogen (secondary N) is 1. The lowest BCUT2D eigenvalue weighted by molar-refractivity contribution is 0.299. The first-order valence-electron chi connectivity index (χ1n) is 7.32. The molecule has 0 aliphatic carbocycles. The Morgan fingerprint density at radius 1 is 1.45 bits per heavy atom. The van der Waals surface area contributed by atoms with Crippen LogP contribution < -0.4 is 5.32 Å². The van der Waals surface area contributed by atoms with Crippen LogP contribution in [0, 0.1) is 0 Å². The molecule has 1 rings (SSSR count). The summed E-state index contributed by atoms with van der Waals surface area (Å²) in [5.41, 5.74) is 0. The Morgan fingerprint density at radius 2 is 2.18 bits per heavy atom. The fraction of sp³-hybridized carbons (Fsp3) is 0.562. The molecular weight excluding hydrogens is 407 g/mol. The molecule has 1 aromatic rings. The fourth-order valence-electron chi connectivity index (χ4n) is 2.17. The van der Waals surface area contributed by atoms with E-state index in [2.05, 4.69) is 65.3 Å². The van der Waals surface area contributed by atoms with E-state index in [-0.39, 0.29) is 24.0 Å². The molecule has 0 radical (unpaired) electrons. The van der Waals surface area contributed by atoms with Gasteiger partial charge < -0.3 is 15.1 Å². The number of likely N-dealkylation sites (N-methyl/N-ethyl adjacent to an activating group) is 1. The topological polar surface area (TPSA) is 30.9 Å². The molecule has 126 valence electrons. The van der Waals surface area contributed by atoms with E-state index < -0.39 is 0 Å². The Hall–Kier alpha value is -0.600. The van der Waals surface area contributed by atoms with Crippen molar-refractivity contribution in [2.75, 3.05) is 41.3 Å².